The van der Waals surface area contributed by atoms with E-state index >= 15 is 0 Å². The van der Waals surface area contributed by atoms with Gasteiger partial charge in [0.05, 0.1) is 0 Å². The van der Waals surface area contributed by atoms with Crippen molar-refractivity contribution in [3.63, 3.8) is 0 Å². The highest BCUT2D eigenvalue weighted by molar-refractivity contribution is 6.01. The third kappa shape index (κ3) is 3.84. The Balaban J connectivity index is 1.92. The average molecular weight is 393 g/mol. The Bertz CT molecular complexity index is 1190. The number of anilines is 4. The van der Waals surface area contributed by atoms with Gasteiger partial charge in [-0.1, -0.05) is 66.7 Å². The van der Waals surface area contributed by atoms with Gasteiger partial charge in [-0.05, 0) is 47.0 Å². The summed E-state index contributed by atoms with van der Waals surface area (Å²) in [5, 5.41) is 0. The maximum Gasteiger partial charge on any atom is 0.0475 e. The maximum absolute atomic E-state index is 6.69. The molecule has 30 heavy (non-hydrogen) atoms. The Morgan fingerprint density at radius 2 is 1.07 bits per heavy atom. The lowest BCUT2D eigenvalue weighted by Crippen LogP contribution is -2.02. The van der Waals surface area contributed by atoms with Gasteiger partial charge in [-0.15, -0.1) is 0 Å². The van der Waals surface area contributed by atoms with Crippen LogP contribution in [0.5, 0.6) is 0 Å². The highest BCUT2D eigenvalue weighted by atomic mass is 14.6. The van der Waals surface area contributed by atoms with Gasteiger partial charge >= 0.3 is 0 Å². The van der Waals surface area contributed by atoms with Crippen molar-refractivity contribution in [3.05, 3.63) is 96.1 Å². The minimum Gasteiger partial charge on any atom is -0.399 e. The predicted molar refractivity (Wildman–Crippen MR) is 130 cm³/mol. The Hall–Kier alpha value is -4.18. The SMILES string of the molecule is Nc1ccc(-c2c(N)cc(C=Cc3ccccc3)c(N)c2-c2ccc(N)cc2)cc1. The number of hydrogen-bond acceptors (Lipinski definition) is 4. The Morgan fingerprint density at radius 1 is 0.533 bits per heavy atom. The molecule has 4 rings (SSSR count). The van der Waals surface area contributed by atoms with Crippen molar-refractivity contribution >= 4 is 34.9 Å². The fourth-order valence-corrected chi connectivity index (χ4v) is 3.54. The molecule has 0 amide bonds. The van der Waals surface area contributed by atoms with Crippen molar-refractivity contribution in [3.8, 4) is 22.3 Å². The Kier molecular flexibility index (Phi) is 5.14. The third-order valence-electron chi connectivity index (χ3n) is 5.08. The van der Waals surface area contributed by atoms with Crippen LogP contribution in [0.15, 0.2) is 84.9 Å². The normalized spacial score (nSPS) is 11.1. The van der Waals surface area contributed by atoms with Crippen LogP contribution in [0, 0.1) is 0 Å². The molecular formula is C26H24N4. The van der Waals surface area contributed by atoms with Crippen LogP contribution in [0.1, 0.15) is 11.1 Å². The van der Waals surface area contributed by atoms with Gasteiger partial charge < -0.3 is 22.9 Å². The quantitative estimate of drug-likeness (QED) is 0.271. The molecule has 0 saturated heterocycles. The van der Waals surface area contributed by atoms with E-state index in [9.17, 15) is 0 Å². The van der Waals surface area contributed by atoms with Crippen LogP contribution in [-0.2, 0) is 0 Å². The predicted octanol–water partition coefficient (Wildman–Crippen LogP) is 5.52. The molecule has 4 aromatic carbocycles. The first kappa shape index (κ1) is 19.2. The van der Waals surface area contributed by atoms with E-state index in [1.807, 2.05) is 97.1 Å². The van der Waals surface area contributed by atoms with Gasteiger partial charge in [0.2, 0.25) is 0 Å². The van der Waals surface area contributed by atoms with E-state index in [-0.39, 0.29) is 0 Å². The van der Waals surface area contributed by atoms with Gasteiger partial charge in [0.1, 0.15) is 0 Å². The molecular weight excluding hydrogens is 368 g/mol. The van der Waals surface area contributed by atoms with Gasteiger partial charge in [-0.2, -0.15) is 0 Å². The van der Waals surface area contributed by atoms with E-state index in [2.05, 4.69) is 0 Å². The summed E-state index contributed by atoms with van der Waals surface area (Å²) >= 11 is 0. The lowest BCUT2D eigenvalue weighted by atomic mass is 9.89. The maximum atomic E-state index is 6.69. The van der Waals surface area contributed by atoms with Crippen LogP contribution < -0.4 is 22.9 Å². The molecule has 0 spiro atoms. The summed E-state index contributed by atoms with van der Waals surface area (Å²) < 4.78 is 0. The lowest BCUT2D eigenvalue weighted by Gasteiger charge is -2.18. The van der Waals surface area contributed by atoms with Crippen molar-refractivity contribution in [2.75, 3.05) is 22.9 Å². The molecule has 0 aromatic heterocycles. The standard InChI is InChI=1S/C26H24N4/c27-21-12-8-18(9-13-21)24-23(29)16-20(7-6-17-4-2-1-3-5-17)26(30)25(24)19-10-14-22(28)15-11-19/h1-16H,27-30H2. The zero-order valence-electron chi connectivity index (χ0n) is 16.5. The second-order valence-corrected chi connectivity index (χ2v) is 7.21. The smallest absolute Gasteiger partial charge is 0.0475 e. The first-order chi connectivity index (χ1) is 14.5. The molecule has 0 fully saturated rings. The third-order valence-corrected chi connectivity index (χ3v) is 5.08. The summed E-state index contributed by atoms with van der Waals surface area (Å²) in [6.45, 7) is 0. The van der Waals surface area contributed by atoms with Gasteiger partial charge in [0.25, 0.3) is 0 Å². The Morgan fingerprint density at radius 3 is 1.63 bits per heavy atom. The summed E-state index contributed by atoms with van der Waals surface area (Å²) in [5.41, 5.74) is 33.3. The van der Waals surface area contributed by atoms with Crippen molar-refractivity contribution in [2.24, 2.45) is 0 Å². The fourth-order valence-electron chi connectivity index (χ4n) is 3.54. The second kappa shape index (κ2) is 8.05. The van der Waals surface area contributed by atoms with Gasteiger partial charge in [0, 0.05) is 39.4 Å². The van der Waals surface area contributed by atoms with Crippen LogP contribution in [0.2, 0.25) is 0 Å². The molecule has 4 aromatic rings. The van der Waals surface area contributed by atoms with E-state index in [4.69, 9.17) is 22.9 Å². The van der Waals surface area contributed by atoms with Gasteiger partial charge in [-0.3, -0.25) is 0 Å². The first-order valence-electron chi connectivity index (χ1n) is 9.70. The number of nitrogens with two attached hydrogens (primary N) is 4. The molecule has 8 N–H and O–H groups in total. The molecule has 0 aliphatic carbocycles. The van der Waals surface area contributed by atoms with Crippen LogP contribution in [0.4, 0.5) is 22.7 Å². The highest BCUT2D eigenvalue weighted by Gasteiger charge is 2.17. The van der Waals surface area contributed by atoms with E-state index in [1.165, 1.54) is 0 Å². The molecule has 148 valence electrons. The molecule has 0 saturated carbocycles. The fraction of sp³-hybridized carbons (Fsp3) is 0. The molecule has 0 aliphatic heterocycles. The number of benzene rings is 4. The van der Waals surface area contributed by atoms with Gasteiger partial charge in [0.15, 0.2) is 0 Å². The van der Waals surface area contributed by atoms with Crippen LogP contribution in [-0.4, -0.2) is 0 Å². The first-order valence-corrected chi connectivity index (χ1v) is 9.70. The monoisotopic (exact) mass is 392 g/mol. The average Bonchev–Trinajstić information content (AvgIpc) is 2.76. The summed E-state index contributed by atoms with van der Waals surface area (Å²) in [6, 6.07) is 27.3. The van der Waals surface area contributed by atoms with Crippen molar-refractivity contribution < 1.29 is 0 Å². The summed E-state index contributed by atoms with van der Waals surface area (Å²) in [6.07, 6.45) is 4.02. The van der Waals surface area contributed by atoms with E-state index in [0.717, 1.165) is 33.4 Å². The number of nitrogen functional groups attached to an aromatic ring is 4. The minimum absolute atomic E-state index is 0.647. The second-order valence-electron chi connectivity index (χ2n) is 7.21. The highest BCUT2D eigenvalue weighted by Crippen LogP contribution is 2.43. The lowest BCUT2D eigenvalue weighted by molar-refractivity contribution is 1.55. The Labute approximate surface area is 176 Å². The van der Waals surface area contributed by atoms with Crippen LogP contribution in [0.25, 0.3) is 34.4 Å². The number of hydrogen-bond donors (Lipinski definition) is 4. The van der Waals surface area contributed by atoms with Crippen LogP contribution >= 0.6 is 0 Å². The number of rotatable bonds is 4. The molecule has 4 heteroatoms. The van der Waals surface area contributed by atoms with E-state index in [0.29, 0.717) is 22.7 Å². The summed E-state index contributed by atoms with van der Waals surface area (Å²) in [7, 11) is 0. The zero-order valence-corrected chi connectivity index (χ0v) is 16.5. The van der Waals surface area contributed by atoms with Crippen molar-refractivity contribution in [2.45, 2.75) is 0 Å². The van der Waals surface area contributed by atoms with E-state index < -0.39 is 0 Å². The molecule has 0 unspecified atom stereocenters. The molecule has 0 bridgehead atoms. The summed E-state index contributed by atoms with van der Waals surface area (Å²) in [4.78, 5) is 0. The van der Waals surface area contributed by atoms with E-state index in [1.54, 1.807) is 0 Å². The molecule has 0 heterocycles. The zero-order chi connectivity index (χ0) is 21.1. The van der Waals surface area contributed by atoms with Crippen molar-refractivity contribution in [1.82, 2.24) is 0 Å². The van der Waals surface area contributed by atoms with Gasteiger partial charge in [-0.25, -0.2) is 0 Å². The molecule has 0 aliphatic rings. The molecule has 0 radical (unpaired) electrons. The molecule has 4 nitrogen and oxygen atoms in total. The largest absolute Gasteiger partial charge is 0.399 e. The summed E-state index contributed by atoms with van der Waals surface area (Å²) in [5.74, 6) is 0. The minimum atomic E-state index is 0.647. The molecule has 0 atom stereocenters. The van der Waals surface area contributed by atoms with Crippen molar-refractivity contribution in [1.29, 1.82) is 0 Å². The van der Waals surface area contributed by atoms with Crippen LogP contribution in [0.3, 0.4) is 0 Å². The topological polar surface area (TPSA) is 104 Å².